The average molecular weight is 171 g/mol. The van der Waals surface area contributed by atoms with Crippen LogP contribution in [0.1, 0.15) is 12.0 Å². The molecule has 1 aromatic heterocycles. The van der Waals surface area contributed by atoms with Crippen LogP contribution in [0.25, 0.3) is 0 Å². The van der Waals surface area contributed by atoms with E-state index >= 15 is 0 Å². The molecule has 0 saturated heterocycles. The lowest BCUT2D eigenvalue weighted by Crippen LogP contribution is -2.05. The highest BCUT2D eigenvalue weighted by Crippen LogP contribution is 2.17. The van der Waals surface area contributed by atoms with Crippen molar-refractivity contribution in [3.8, 4) is 0 Å². The van der Waals surface area contributed by atoms with Crippen molar-refractivity contribution >= 4 is 5.82 Å². The number of rotatable bonds is 3. The minimum Gasteiger partial charge on any atom is -0.384 e. The maximum atomic E-state index is 5.58. The largest absolute Gasteiger partial charge is 0.384 e. The van der Waals surface area contributed by atoms with Crippen LogP contribution in [0.4, 0.5) is 5.82 Å². The van der Waals surface area contributed by atoms with E-state index in [1.54, 1.807) is 32.0 Å². The first-order chi connectivity index (χ1) is 5.69. The summed E-state index contributed by atoms with van der Waals surface area (Å²) < 4.78 is 11.6. The van der Waals surface area contributed by atoms with Crippen molar-refractivity contribution in [2.75, 3.05) is 20.0 Å². The number of hydrogen-bond donors (Lipinski definition) is 1. The molecule has 0 aliphatic heterocycles. The number of nitrogens with zero attached hydrogens (tertiary/aromatic N) is 2. The summed E-state index contributed by atoms with van der Waals surface area (Å²) in [6.45, 7) is 0. The van der Waals surface area contributed by atoms with Crippen molar-refractivity contribution in [3.63, 3.8) is 0 Å². The van der Waals surface area contributed by atoms with E-state index in [0.717, 1.165) is 0 Å². The molecule has 5 nitrogen and oxygen atoms in total. The monoisotopic (exact) mass is 171 g/mol. The van der Waals surface area contributed by atoms with Gasteiger partial charge in [-0.3, -0.25) is 4.68 Å². The second-order valence-electron chi connectivity index (χ2n) is 2.42. The molecule has 0 spiro atoms. The molecule has 1 heterocycles. The maximum Gasteiger partial charge on any atom is 0.202 e. The zero-order valence-corrected chi connectivity index (χ0v) is 7.44. The predicted octanol–water partition coefficient (Wildman–Crippen LogP) is 0.294. The minimum atomic E-state index is -0.437. The molecule has 0 aromatic carbocycles. The lowest BCUT2D eigenvalue weighted by molar-refractivity contribution is -0.108. The van der Waals surface area contributed by atoms with E-state index < -0.39 is 6.29 Å². The van der Waals surface area contributed by atoms with Crippen LogP contribution >= 0.6 is 0 Å². The van der Waals surface area contributed by atoms with Gasteiger partial charge in [-0.2, -0.15) is 5.10 Å². The molecule has 0 amide bonds. The summed E-state index contributed by atoms with van der Waals surface area (Å²) in [5.41, 5.74) is 6.26. The number of nitrogen functional groups attached to an aromatic ring is 1. The molecule has 0 saturated carbocycles. The first-order valence-electron chi connectivity index (χ1n) is 3.54. The Kier molecular flexibility index (Phi) is 2.67. The van der Waals surface area contributed by atoms with Crippen LogP contribution in [0.2, 0.25) is 0 Å². The van der Waals surface area contributed by atoms with Gasteiger partial charge in [0.05, 0.1) is 0 Å². The van der Waals surface area contributed by atoms with E-state index in [2.05, 4.69) is 5.10 Å². The van der Waals surface area contributed by atoms with Crippen molar-refractivity contribution in [2.45, 2.75) is 6.29 Å². The lowest BCUT2D eigenvalue weighted by atomic mass is 10.4. The number of nitrogens with two attached hydrogens (primary N) is 1. The van der Waals surface area contributed by atoms with Gasteiger partial charge >= 0.3 is 0 Å². The zero-order valence-electron chi connectivity index (χ0n) is 7.44. The van der Waals surface area contributed by atoms with Crippen molar-refractivity contribution < 1.29 is 9.47 Å². The summed E-state index contributed by atoms with van der Waals surface area (Å²) in [6, 6.07) is 1.72. The van der Waals surface area contributed by atoms with Crippen LogP contribution in [0.3, 0.4) is 0 Å². The summed E-state index contributed by atoms with van der Waals surface area (Å²) in [7, 11) is 4.87. The number of ether oxygens (including phenoxy) is 2. The Morgan fingerprint density at radius 3 is 2.42 bits per heavy atom. The van der Waals surface area contributed by atoms with E-state index in [1.807, 2.05) is 0 Å². The van der Waals surface area contributed by atoms with E-state index in [-0.39, 0.29) is 0 Å². The Labute approximate surface area is 71.1 Å². The van der Waals surface area contributed by atoms with Crippen molar-refractivity contribution in [3.05, 3.63) is 11.8 Å². The highest BCUT2D eigenvalue weighted by Gasteiger charge is 2.13. The minimum absolute atomic E-state index is 0.437. The fraction of sp³-hybridized carbons (Fsp3) is 0.571. The number of hydrogen-bond acceptors (Lipinski definition) is 4. The van der Waals surface area contributed by atoms with Gasteiger partial charge in [0.15, 0.2) is 0 Å². The highest BCUT2D eigenvalue weighted by molar-refractivity contribution is 5.30. The first kappa shape index (κ1) is 9.02. The van der Waals surface area contributed by atoms with Gasteiger partial charge in [-0.15, -0.1) is 0 Å². The Morgan fingerprint density at radius 2 is 2.08 bits per heavy atom. The van der Waals surface area contributed by atoms with Gasteiger partial charge < -0.3 is 15.2 Å². The van der Waals surface area contributed by atoms with Crippen molar-refractivity contribution in [1.29, 1.82) is 0 Å². The van der Waals surface area contributed by atoms with Crippen LogP contribution in [-0.4, -0.2) is 24.0 Å². The fourth-order valence-electron chi connectivity index (χ4n) is 0.958. The molecule has 12 heavy (non-hydrogen) atoms. The molecule has 0 bridgehead atoms. The molecule has 0 aliphatic rings. The quantitative estimate of drug-likeness (QED) is 0.664. The van der Waals surface area contributed by atoms with Crippen LogP contribution in [0.15, 0.2) is 6.07 Å². The summed E-state index contributed by atoms with van der Waals surface area (Å²) in [4.78, 5) is 0. The SMILES string of the molecule is COC(OC)c1cc(N)n(C)n1. The molecule has 0 atom stereocenters. The number of methoxy groups -OCH3 is 2. The van der Waals surface area contributed by atoms with E-state index in [0.29, 0.717) is 11.5 Å². The van der Waals surface area contributed by atoms with E-state index in [4.69, 9.17) is 15.2 Å². The smallest absolute Gasteiger partial charge is 0.202 e. The molecule has 68 valence electrons. The van der Waals surface area contributed by atoms with Gasteiger partial charge in [-0.1, -0.05) is 0 Å². The normalized spacial score (nSPS) is 11.0. The second-order valence-corrected chi connectivity index (χ2v) is 2.42. The lowest BCUT2D eigenvalue weighted by Gasteiger charge is -2.08. The van der Waals surface area contributed by atoms with Gasteiger partial charge in [0.25, 0.3) is 0 Å². The van der Waals surface area contributed by atoms with Crippen LogP contribution in [0, 0.1) is 0 Å². The third kappa shape index (κ3) is 1.57. The zero-order chi connectivity index (χ0) is 9.14. The van der Waals surface area contributed by atoms with Crippen LogP contribution in [-0.2, 0) is 16.5 Å². The predicted molar refractivity (Wildman–Crippen MR) is 44.4 cm³/mol. The summed E-state index contributed by atoms with van der Waals surface area (Å²) in [6.07, 6.45) is -0.437. The van der Waals surface area contributed by atoms with Crippen LogP contribution in [0.5, 0.6) is 0 Å². The first-order valence-corrected chi connectivity index (χ1v) is 3.54. The Hall–Kier alpha value is -1.07. The number of anilines is 1. The summed E-state index contributed by atoms with van der Waals surface area (Å²) >= 11 is 0. The fourth-order valence-corrected chi connectivity index (χ4v) is 0.958. The molecule has 1 rings (SSSR count). The second kappa shape index (κ2) is 3.55. The van der Waals surface area contributed by atoms with E-state index in [1.165, 1.54) is 0 Å². The number of aryl methyl sites for hydroxylation is 1. The Balaban J connectivity index is 2.86. The maximum absolute atomic E-state index is 5.58. The van der Waals surface area contributed by atoms with Crippen molar-refractivity contribution in [2.24, 2.45) is 7.05 Å². The molecular formula is C7H13N3O2. The Morgan fingerprint density at radius 1 is 1.50 bits per heavy atom. The summed E-state index contributed by atoms with van der Waals surface area (Å²) in [5, 5.41) is 4.09. The van der Waals surface area contributed by atoms with Gasteiger partial charge in [-0.25, -0.2) is 0 Å². The molecule has 2 N–H and O–H groups in total. The summed E-state index contributed by atoms with van der Waals surface area (Å²) in [5.74, 6) is 0.587. The van der Waals surface area contributed by atoms with Gasteiger partial charge in [-0.05, 0) is 0 Å². The van der Waals surface area contributed by atoms with Gasteiger partial charge in [0, 0.05) is 27.3 Å². The highest BCUT2D eigenvalue weighted by atomic mass is 16.7. The topological polar surface area (TPSA) is 62.3 Å². The molecule has 0 fully saturated rings. The van der Waals surface area contributed by atoms with E-state index in [9.17, 15) is 0 Å². The Bertz CT molecular complexity index is 236. The number of aromatic nitrogens is 2. The standard InChI is InChI=1S/C7H13N3O2/c1-10-6(8)4-5(9-10)7(11-2)12-3/h4,7H,8H2,1-3H3. The molecule has 1 aromatic rings. The third-order valence-electron chi connectivity index (χ3n) is 1.60. The molecule has 0 unspecified atom stereocenters. The van der Waals surface area contributed by atoms with Crippen molar-refractivity contribution in [1.82, 2.24) is 9.78 Å². The molecular weight excluding hydrogens is 158 g/mol. The third-order valence-corrected chi connectivity index (χ3v) is 1.60. The molecule has 0 radical (unpaired) electrons. The average Bonchev–Trinajstić information content (AvgIpc) is 2.35. The van der Waals surface area contributed by atoms with Gasteiger partial charge in [0.1, 0.15) is 11.5 Å². The van der Waals surface area contributed by atoms with Crippen LogP contribution < -0.4 is 5.73 Å². The van der Waals surface area contributed by atoms with Gasteiger partial charge in [0.2, 0.25) is 6.29 Å². The molecule has 5 heteroatoms. The molecule has 0 aliphatic carbocycles.